The first-order chi connectivity index (χ1) is 51.7. The monoisotopic (exact) mass is 1490 g/mol. The van der Waals surface area contributed by atoms with E-state index in [1.165, 1.54) is 63.7 Å². The van der Waals surface area contributed by atoms with Crippen LogP contribution in [0.4, 0.5) is 69.7 Å². The molecule has 0 aliphatic carbocycles. The maximum absolute atomic E-state index is 14.4. The second-order valence-electron chi connectivity index (χ2n) is 24.8. The number of fused-ring (bicyclic) bond motifs is 3. The number of hydrogen-bond donors (Lipinski definition) is 3. The van der Waals surface area contributed by atoms with E-state index in [-0.39, 0.29) is 53.1 Å². The smallest absolute Gasteiger partial charge is 0.322 e. The number of benzene rings is 7. The van der Waals surface area contributed by atoms with Crippen molar-refractivity contribution in [3.63, 3.8) is 0 Å². The fraction of sp³-hybridized carbons (Fsp3) is 0.0843. The van der Waals surface area contributed by atoms with E-state index in [0.29, 0.717) is 67.1 Å². The first-order valence-corrected chi connectivity index (χ1v) is 32.8. The summed E-state index contributed by atoms with van der Waals surface area (Å²) in [4.78, 5) is 59.7. The molecule has 0 radical (unpaired) electrons. The molecule has 0 fully saturated rings. The Morgan fingerprint density at radius 2 is 0.670 bits per heavy atom. The molecular weight excluding hydrogens is 1430 g/mol. The topological polar surface area (TPSA) is 165 Å². The van der Waals surface area contributed by atoms with E-state index in [4.69, 9.17) is 0 Å². The second-order valence-corrected chi connectivity index (χ2v) is 24.8. The molecule has 0 spiro atoms. The number of imidazole rings is 3. The zero-order valence-electron chi connectivity index (χ0n) is 56.9. The Hall–Kier alpha value is -13.5. The van der Waals surface area contributed by atoms with Crippen LogP contribution in [0, 0.1) is 62.6 Å². The van der Waals surface area contributed by atoms with Crippen LogP contribution in [-0.4, -0.2) is 55.8 Å². The van der Waals surface area contributed by atoms with E-state index in [2.05, 4.69) is 40.9 Å². The molecule has 15 aromatic rings. The maximum Gasteiger partial charge on any atom is 0.434 e. The molecule has 15 rings (SSSR count). The largest absolute Gasteiger partial charge is 0.434 e. The predicted octanol–water partition coefficient (Wildman–Crippen LogP) is 21.3. The van der Waals surface area contributed by atoms with Gasteiger partial charge in [0.15, 0.2) is 40.6 Å². The number of nitrogens with zero attached hydrogens (tertiary/aromatic N) is 8. The number of hydrogen-bond acceptors (Lipinski definition) is 8. The number of aryl methyl sites for hydroxylation is 4. The van der Waals surface area contributed by atoms with E-state index in [0.717, 1.165) is 64.8 Å². The van der Waals surface area contributed by atoms with Crippen molar-refractivity contribution >= 4 is 51.3 Å². The average Bonchev–Trinajstić information content (AvgIpc) is 1.70. The van der Waals surface area contributed by atoms with E-state index < -0.39 is 81.5 Å². The number of carbonyl (C=O) groups excluding carboxylic acids is 3. The van der Waals surface area contributed by atoms with Crippen LogP contribution in [-0.2, 0) is 12.4 Å². The zero-order chi connectivity index (χ0) is 76.5. The fourth-order valence-electron chi connectivity index (χ4n) is 12.0. The van der Waals surface area contributed by atoms with Gasteiger partial charge in [-0.25, -0.2) is 41.3 Å². The molecular formula is C83H59F12N11O3. The lowest BCUT2D eigenvalue weighted by molar-refractivity contribution is -0.141. The summed E-state index contributed by atoms with van der Waals surface area (Å²) >= 11 is 0. The number of halogens is 12. The molecule has 109 heavy (non-hydrogen) atoms. The minimum atomic E-state index is -4.87. The van der Waals surface area contributed by atoms with Gasteiger partial charge >= 0.3 is 12.4 Å². The molecule has 8 heterocycles. The Morgan fingerprint density at radius 1 is 0.339 bits per heavy atom. The molecule has 26 heteroatoms. The summed E-state index contributed by atoms with van der Waals surface area (Å²) in [6, 6.07) is 48.5. The van der Waals surface area contributed by atoms with Gasteiger partial charge in [-0.15, -0.1) is 0 Å². The van der Waals surface area contributed by atoms with E-state index in [9.17, 15) is 67.1 Å². The van der Waals surface area contributed by atoms with Gasteiger partial charge in [0.2, 0.25) is 0 Å². The number of nitrogens with one attached hydrogen (secondary N) is 3. The van der Waals surface area contributed by atoms with Crippen LogP contribution in [0.1, 0.15) is 72.1 Å². The van der Waals surface area contributed by atoms with Crippen molar-refractivity contribution in [2.24, 2.45) is 0 Å². The molecule has 548 valence electrons. The van der Waals surface area contributed by atoms with E-state index in [1.54, 1.807) is 127 Å². The number of alkyl halides is 6. The summed E-state index contributed by atoms with van der Waals surface area (Å²) in [5.41, 5.74) is 6.00. The van der Waals surface area contributed by atoms with Crippen LogP contribution in [0.15, 0.2) is 244 Å². The highest BCUT2D eigenvalue weighted by Crippen LogP contribution is 2.40. The Labute approximate surface area is 613 Å². The molecule has 0 aliphatic heterocycles. The number of amides is 3. The average molecular weight is 1490 g/mol. The van der Waals surface area contributed by atoms with Crippen molar-refractivity contribution in [1.29, 1.82) is 0 Å². The summed E-state index contributed by atoms with van der Waals surface area (Å²) in [6.07, 6.45) is 2.34. The lowest BCUT2D eigenvalue weighted by Gasteiger charge is -2.15. The van der Waals surface area contributed by atoms with Gasteiger partial charge in [-0.3, -0.25) is 37.6 Å². The Bertz CT molecular complexity index is 5730. The summed E-state index contributed by atoms with van der Waals surface area (Å²) in [6.45, 7) is 7.44. The van der Waals surface area contributed by atoms with Crippen molar-refractivity contribution in [3.05, 3.63) is 329 Å². The third kappa shape index (κ3) is 15.8. The molecule has 0 atom stereocenters. The van der Waals surface area contributed by atoms with Crippen LogP contribution in [0.5, 0.6) is 0 Å². The van der Waals surface area contributed by atoms with Crippen molar-refractivity contribution in [2.45, 2.75) is 47.5 Å². The number of rotatable bonds is 12. The Kier molecular flexibility index (Phi) is 21.3. The lowest BCUT2D eigenvalue weighted by Crippen LogP contribution is -2.20. The number of aromatic nitrogens is 8. The zero-order valence-corrected chi connectivity index (χ0v) is 56.9. The van der Waals surface area contributed by atoms with Gasteiger partial charge in [0, 0.05) is 75.9 Å². The molecule has 3 amide bonds. The molecule has 0 aliphatic rings. The van der Waals surface area contributed by atoms with Gasteiger partial charge < -0.3 is 16.0 Å². The predicted molar refractivity (Wildman–Crippen MR) is 392 cm³/mol. The Balaban J connectivity index is 0.000000152. The first kappa shape index (κ1) is 75.2. The standard InChI is InChI=1S/C28H18F5N3O.C27H17F5N4O.C27H20F2N4O.CH4/c1-16-7-10-18(11-8-16)35-27(37)21-14-17(9-12-22(21)28(31,32)33)19-5-3-13-36-24(19)15-34-26(36)20-4-2-6-23(29)25(20)30;1-15-7-9-17(10-8-15)35-26(37)20-12-16(13-33-24(20)27(30,31)32)18-5-3-11-36-22(18)14-34-25(36)19-4-2-6-21(28)23(19)29;1-16-8-10-19(11-9-16)32-27(34)22-13-18(14-30-17(22)2)20-6-4-12-33-24(20)15-31-26(33)21-5-3-7-23(28)25(21)29;/h2-15H,1H3,(H,35,37);2-14H,1H3,(H,35,37);3-15H,1-2H3,(H,32,34);1H4. The molecule has 8 aromatic heterocycles. The van der Waals surface area contributed by atoms with Crippen LogP contribution in [0.2, 0.25) is 0 Å². The van der Waals surface area contributed by atoms with Crippen molar-refractivity contribution in [1.82, 2.24) is 38.1 Å². The second kappa shape index (κ2) is 30.9. The van der Waals surface area contributed by atoms with Gasteiger partial charge in [-0.2, -0.15) is 26.3 Å². The van der Waals surface area contributed by atoms with Gasteiger partial charge in [0.25, 0.3) is 17.7 Å². The lowest BCUT2D eigenvalue weighted by atomic mass is 9.98. The van der Waals surface area contributed by atoms with Gasteiger partial charge in [0.05, 0.1) is 79.8 Å². The highest BCUT2D eigenvalue weighted by atomic mass is 19.4. The SMILES string of the molecule is C.Cc1ccc(NC(=O)c2cc(-c3cccn4c(-c5cccc(F)c5F)ncc34)ccc2C(F)(F)F)cc1.Cc1ccc(NC(=O)c2cc(-c3cccn4c(-c5cccc(F)c5F)ncc34)cnc2C(F)(F)F)cc1.Cc1ccc(NC(=O)c2cc(-c3cccn4c(-c5cccc(F)c5F)ncc34)cnc2C)cc1. The molecule has 7 aromatic carbocycles. The molecule has 3 N–H and O–H groups in total. The Morgan fingerprint density at radius 3 is 1.05 bits per heavy atom. The molecule has 0 unspecified atom stereocenters. The highest BCUT2D eigenvalue weighted by molar-refractivity contribution is 6.08. The van der Waals surface area contributed by atoms with Crippen LogP contribution >= 0.6 is 0 Å². The number of anilines is 3. The molecule has 14 nitrogen and oxygen atoms in total. The number of pyridine rings is 5. The third-order valence-electron chi connectivity index (χ3n) is 17.5. The molecule has 0 bridgehead atoms. The highest BCUT2D eigenvalue weighted by Gasteiger charge is 2.39. The van der Waals surface area contributed by atoms with E-state index >= 15 is 0 Å². The summed E-state index contributed by atoms with van der Waals surface area (Å²) < 4.78 is 172. The van der Waals surface area contributed by atoms with Gasteiger partial charge in [0.1, 0.15) is 17.5 Å². The van der Waals surface area contributed by atoms with Crippen LogP contribution in [0.25, 0.3) is 84.1 Å². The van der Waals surface area contributed by atoms with Crippen molar-refractivity contribution < 1.29 is 67.1 Å². The normalized spacial score (nSPS) is 11.3. The summed E-state index contributed by atoms with van der Waals surface area (Å²) in [5, 5.41) is 7.90. The quantitative estimate of drug-likeness (QED) is 0.102. The maximum atomic E-state index is 14.4. The third-order valence-corrected chi connectivity index (χ3v) is 17.5. The summed E-state index contributed by atoms with van der Waals surface area (Å²) in [5.74, 6) is -7.75. The van der Waals surface area contributed by atoms with Crippen molar-refractivity contribution in [3.8, 4) is 67.5 Å². The van der Waals surface area contributed by atoms with E-state index in [1.807, 2.05) is 51.1 Å². The molecule has 0 saturated heterocycles. The fourth-order valence-corrected chi connectivity index (χ4v) is 12.0. The van der Waals surface area contributed by atoms with Crippen LogP contribution in [0.3, 0.4) is 0 Å². The summed E-state index contributed by atoms with van der Waals surface area (Å²) in [7, 11) is 0. The minimum absolute atomic E-state index is 0. The molecule has 0 saturated carbocycles. The first-order valence-electron chi connectivity index (χ1n) is 32.8. The van der Waals surface area contributed by atoms with Gasteiger partial charge in [-0.1, -0.05) is 103 Å². The van der Waals surface area contributed by atoms with Crippen LogP contribution < -0.4 is 16.0 Å². The minimum Gasteiger partial charge on any atom is -0.322 e. The number of carbonyl (C=O) groups is 3. The van der Waals surface area contributed by atoms with Crippen molar-refractivity contribution in [2.75, 3.05) is 16.0 Å². The van der Waals surface area contributed by atoms with Gasteiger partial charge in [-0.05, 0) is 149 Å².